The molecule has 0 spiro atoms. The predicted octanol–water partition coefficient (Wildman–Crippen LogP) is 5.90. The van der Waals surface area contributed by atoms with Crippen molar-refractivity contribution in [3.05, 3.63) is 95.9 Å². The van der Waals surface area contributed by atoms with Crippen LogP contribution in [0.15, 0.2) is 83.5 Å². The first-order valence-corrected chi connectivity index (χ1v) is 13.2. The molecule has 1 aliphatic rings. The minimum Gasteiger partial charge on any atom is -0.467 e. The molecule has 0 unspecified atom stereocenters. The molecule has 1 saturated heterocycles. The third-order valence-corrected chi connectivity index (χ3v) is 6.19. The number of hydrogen-bond acceptors (Lipinski definition) is 7. The Labute approximate surface area is 233 Å². The lowest BCUT2D eigenvalue weighted by Crippen LogP contribution is -2.60. The third kappa shape index (κ3) is 8.26. The van der Waals surface area contributed by atoms with E-state index in [0.29, 0.717) is 12.2 Å². The summed E-state index contributed by atoms with van der Waals surface area (Å²) in [6.07, 6.45) is -0.823. The SMILES string of the molecule is CC(C)(C)OC(=O)N1[C@@H](NC(=O)OCc2ccccc2)C[C@@H](NC(=O)OCc2ccccc2)C[C@H]1c1ccco1. The number of piperidine rings is 1. The Morgan fingerprint density at radius 1 is 0.825 bits per heavy atom. The van der Waals surface area contributed by atoms with Gasteiger partial charge in [-0.3, -0.25) is 4.90 Å². The Bertz CT molecular complexity index is 1240. The number of hydrogen-bond donors (Lipinski definition) is 2. The van der Waals surface area contributed by atoms with E-state index < -0.39 is 42.1 Å². The maximum absolute atomic E-state index is 13.4. The van der Waals surface area contributed by atoms with Crippen molar-refractivity contribution < 1.29 is 33.0 Å². The van der Waals surface area contributed by atoms with Crippen molar-refractivity contribution in [2.75, 3.05) is 0 Å². The Kier molecular flexibility index (Phi) is 9.31. The summed E-state index contributed by atoms with van der Waals surface area (Å²) in [6, 6.07) is 20.9. The number of rotatable bonds is 7. The van der Waals surface area contributed by atoms with Gasteiger partial charge in [0.25, 0.3) is 0 Å². The molecule has 0 bridgehead atoms. The van der Waals surface area contributed by atoms with Gasteiger partial charge in [0.15, 0.2) is 0 Å². The van der Waals surface area contributed by atoms with Crippen LogP contribution in [0.4, 0.5) is 14.4 Å². The molecule has 40 heavy (non-hydrogen) atoms. The van der Waals surface area contributed by atoms with E-state index in [4.69, 9.17) is 18.6 Å². The second-order valence-electron chi connectivity index (χ2n) is 10.5. The third-order valence-electron chi connectivity index (χ3n) is 6.19. The number of carbonyl (C=O) groups excluding carboxylic acids is 3. The Morgan fingerprint density at radius 3 is 1.93 bits per heavy atom. The van der Waals surface area contributed by atoms with Crippen LogP contribution in [0.5, 0.6) is 0 Å². The molecule has 2 N–H and O–H groups in total. The van der Waals surface area contributed by atoms with Gasteiger partial charge in [0.05, 0.1) is 12.3 Å². The zero-order valence-electron chi connectivity index (χ0n) is 22.9. The van der Waals surface area contributed by atoms with Crippen molar-refractivity contribution in [3.8, 4) is 0 Å². The maximum atomic E-state index is 13.4. The second kappa shape index (κ2) is 13.1. The smallest absolute Gasteiger partial charge is 0.412 e. The summed E-state index contributed by atoms with van der Waals surface area (Å²) in [6.45, 7) is 5.46. The maximum Gasteiger partial charge on any atom is 0.412 e. The number of nitrogens with one attached hydrogen (secondary N) is 2. The average Bonchev–Trinajstić information content (AvgIpc) is 3.46. The monoisotopic (exact) mass is 549 g/mol. The fraction of sp³-hybridized carbons (Fsp3) is 0.367. The predicted molar refractivity (Wildman–Crippen MR) is 146 cm³/mol. The summed E-state index contributed by atoms with van der Waals surface area (Å²) < 4.78 is 22.2. The Balaban J connectivity index is 1.51. The van der Waals surface area contributed by atoms with Crippen LogP contribution in [0.3, 0.4) is 0 Å². The van der Waals surface area contributed by atoms with Crippen molar-refractivity contribution in [2.45, 2.75) is 70.7 Å². The first-order valence-electron chi connectivity index (χ1n) is 13.2. The molecule has 3 amide bonds. The highest BCUT2D eigenvalue weighted by molar-refractivity contribution is 5.72. The van der Waals surface area contributed by atoms with E-state index in [9.17, 15) is 14.4 Å². The van der Waals surface area contributed by atoms with Crippen molar-refractivity contribution in [1.82, 2.24) is 15.5 Å². The number of benzene rings is 2. The molecule has 10 nitrogen and oxygen atoms in total. The Morgan fingerprint density at radius 2 is 1.40 bits per heavy atom. The van der Waals surface area contributed by atoms with Crippen LogP contribution < -0.4 is 10.6 Å². The van der Waals surface area contributed by atoms with Crippen LogP contribution >= 0.6 is 0 Å². The van der Waals surface area contributed by atoms with E-state index in [2.05, 4.69) is 10.6 Å². The number of ether oxygens (including phenoxy) is 3. The van der Waals surface area contributed by atoms with Crippen LogP contribution in [0.25, 0.3) is 0 Å². The van der Waals surface area contributed by atoms with Gasteiger partial charge in [-0.25, -0.2) is 14.4 Å². The number of alkyl carbamates (subject to hydrolysis) is 2. The van der Waals surface area contributed by atoms with Gasteiger partial charge >= 0.3 is 18.3 Å². The van der Waals surface area contributed by atoms with E-state index in [1.54, 1.807) is 32.9 Å². The Hall–Kier alpha value is -4.47. The number of furan rings is 1. The molecule has 2 heterocycles. The zero-order chi connectivity index (χ0) is 28.5. The van der Waals surface area contributed by atoms with Gasteiger partial charge in [-0.05, 0) is 50.5 Å². The van der Waals surface area contributed by atoms with E-state index in [1.807, 2.05) is 60.7 Å². The lowest BCUT2D eigenvalue weighted by molar-refractivity contribution is -0.0200. The van der Waals surface area contributed by atoms with Crippen LogP contribution in [0, 0.1) is 0 Å². The average molecular weight is 550 g/mol. The summed E-state index contributed by atoms with van der Waals surface area (Å²) in [4.78, 5) is 40.4. The lowest BCUT2D eigenvalue weighted by Gasteiger charge is -2.44. The molecule has 2 aromatic carbocycles. The zero-order valence-corrected chi connectivity index (χ0v) is 22.9. The minimum absolute atomic E-state index is 0.0565. The molecule has 0 saturated carbocycles. The highest BCUT2D eigenvalue weighted by Gasteiger charge is 2.44. The van der Waals surface area contributed by atoms with Gasteiger partial charge in [0.1, 0.15) is 30.7 Å². The fourth-order valence-corrected chi connectivity index (χ4v) is 4.46. The highest BCUT2D eigenvalue weighted by atomic mass is 16.6. The second-order valence-corrected chi connectivity index (χ2v) is 10.5. The van der Waals surface area contributed by atoms with Crippen LogP contribution in [-0.2, 0) is 27.4 Å². The van der Waals surface area contributed by atoms with E-state index >= 15 is 0 Å². The molecular weight excluding hydrogens is 514 g/mol. The summed E-state index contributed by atoms with van der Waals surface area (Å²) in [5.41, 5.74) is 0.894. The molecule has 3 aromatic rings. The normalized spacial score (nSPS) is 18.9. The van der Waals surface area contributed by atoms with Crippen molar-refractivity contribution in [2.24, 2.45) is 0 Å². The molecule has 10 heteroatoms. The number of amides is 3. The lowest BCUT2D eigenvalue weighted by atomic mass is 9.93. The molecule has 0 aliphatic carbocycles. The molecule has 212 valence electrons. The van der Waals surface area contributed by atoms with Gasteiger partial charge in [0.2, 0.25) is 0 Å². The summed E-state index contributed by atoms with van der Waals surface area (Å²) in [5, 5.41) is 5.67. The minimum atomic E-state index is -0.874. The molecule has 4 rings (SSSR count). The quantitative estimate of drug-likeness (QED) is 0.352. The van der Waals surface area contributed by atoms with Gasteiger partial charge in [-0.15, -0.1) is 0 Å². The van der Waals surface area contributed by atoms with Crippen LogP contribution in [0.2, 0.25) is 0 Å². The number of carbonyl (C=O) groups is 3. The summed E-state index contributed by atoms with van der Waals surface area (Å²) in [5.74, 6) is 0.486. The van der Waals surface area contributed by atoms with Crippen LogP contribution in [0.1, 0.15) is 56.5 Å². The van der Waals surface area contributed by atoms with E-state index in [0.717, 1.165) is 11.1 Å². The molecule has 0 radical (unpaired) electrons. The first-order chi connectivity index (χ1) is 19.2. The van der Waals surface area contributed by atoms with Gasteiger partial charge in [0, 0.05) is 12.5 Å². The molecule has 3 atom stereocenters. The summed E-state index contributed by atoms with van der Waals surface area (Å²) >= 11 is 0. The molecule has 1 aliphatic heterocycles. The van der Waals surface area contributed by atoms with E-state index in [1.165, 1.54) is 11.2 Å². The highest BCUT2D eigenvalue weighted by Crippen LogP contribution is 2.35. The van der Waals surface area contributed by atoms with Gasteiger partial charge < -0.3 is 29.3 Å². The van der Waals surface area contributed by atoms with Crippen molar-refractivity contribution >= 4 is 18.3 Å². The first kappa shape index (κ1) is 28.5. The number of nitrogens with zero attached hydrogens (tertiary/aromatic N) is 1. The van der Waals surface area contributed by atoms with E-state index in [-0.39, 0.29) is 19.6 Å². The largest absolute Gasteiger partial charge is 0.467 e. The van der Waals surface area contributed by atoms with Gasteiger partial charge in [-0.1, -0.05) is 60.7 Å². The fourth-order valence-electron chi connectivity index (χ4n) is 4.46. The number of likely N-dealkylation sites (tertiary alicyclic amines) is 1. The van der Waals surface area contributed by atoms with Crippen molar-refractivity contribution in [3.63, 3.8) is 0 Å². The standard InChI is InChI=1S/C30H35N3O7/c1-30(2,3)40-29(36)33-24(25-15-10-16-37-25)17-23(31-27(34)38-19-21-11-6-4-7-12-21)18-26(33)32-28(35)39-20-22-13-8-5-9-14-22/h4-16,23-24,26H,17-20H2,1-3H3,(H,31,34)(H,32,35)/t23-,24-,26+/m0/s1. The topological polar surface area (TPSA) is 119 Å². The molecule has 1 aromatic heterocycles. The van der Waals surface area contributed by atoms with Crippen LogP contribution in [-0.4, -0.2) is 41.0 Å². The van der Waals surface area contributed by atoms with Gasteiger partial charge in [-0.2, -0.15) is 0 Å². The summed E-state index contributed by atoms with van der Waals surface area (Å²) in [7, 11) is 0. The van der Waals surface area contributed by atoms with Crippen molar-refractivity contribution in [1.29, 1.82) is 0 Å². The molecule has 1 fully saturated rings. The molecular formula is C30H35N3O7.